The van der Waals surface area contributed by atoms with Gasteiger partial charge in [0.2, 0.25) is 0 Å². The van der Waals surface area contributed by atoms with Crippen molar-refractivity contribution in [1.82, 2.24) is 0 Å². The quantitative estimate of drug-likeness (QED) is 0.363. The Kier molecular flexibility index (Phi) is 14.1. The molecule has 0 aliphatic heterocycles. The molecule has 0 spiro atoms. The molecule has 1 rings (SSSR count). The molecule has 4 nitrogen and oxygen atoms in total. The molecule has 1 aromatic rings. The molecule has 144 valence electrons. The smallest absolute Gasteiger partial charge is 0.125 e. The Bertz CT molecular complexity index is 521. The summed E-state index contributed by atoms with van der Waals surface area (Å²) in [5.41, 5.74) is 2.21. The summed E-state index contributed by atoms with van der Waals surface area (Å²) in [6.07, 6.45) is 6.71. The molecule has 0 radical (unpaired) electrons. The van der Waals surface area contributed by atoms with Gasteiger partial charge in [0.1, 0.15) is 22.6 Å². The van der Waals surface area contributed by atoms with Gasteiger partial charge in [-0.05, 0) is 61.9 Å². The van der Waals surface area contributed by atoms with Gasteiger partial charge in [-0.1, -0.05) is 36.5 Å². The molecule has 0 fully saturated rings. The normalized spacial score (nSPS) is 10.1. The van der Waals surface area contributed by atoms with Gasteiger partial charge in [-0.2, -0.15) is 0 Å². The molecule has 7 heteroatoms. The average molecular weight is 413 g/mol. The SMILES string of the molecule is CCc1cc(OCC=C(Cl)Cl)cc(C)c1OCCCCCCON.Cl. The second kappa shape index (κ2) is 14.5. The zero-order valence-electron chi connectivity index (χ0n) is 14.9. The summed E-state index contributed by atoms with van der Waals surface area (Å²) in [6, 6.07) is 3.99. The summed E-state index contributed by atoms with van der Waals surface area (Å²) in [5.74, 6) is 6.76. The number of rotatable bonds is 12. The predicted octanol–water partition coefficient (Wildman–Crippen LogP) is 5.51. The summed E-state index contributed by atoms with van der Waals surface area (Å²) >= 11 is 11.2. The summed E-state index contributed by atoms with van der Waals surface area (Å²) in [6.45, 7) is 5.81. The van der Waals surface area contributed by atoms with Crippen LogP contribution in [0.2, 0.25) is 0 Å². The molecular formula is C18H28Cl3NO3. The van der Waals surface area contributed by atoms with Crippen LogP contribution < -0.4 is 15.4 Å². The van der Waals surface area contributed by atoms with Crippen LogP contribution in [0.1, 0.15) is 43.7 Å². The van der Waals surface area contributed by atoms with E-state index in [9.17, 15) is 0 Å². The standard InChI is InChI=1S/C18H27Cl2NO3.ClH/c1-3-15-13-16(22-11-8-17(19)20)12-14(2)18(15)23-9-6-4-5-7-10-24-21;/h8,12-13H,3-7,9-11,21H2,1-2H3;1H. The minimum Gasteiger partial charge on any atom is -0.493 e. The van der Waals surface area contributed by atoms with Gasteiger partial charge < -0.3 is 14.3 Å². The highest BCUT2D eigenvalue weighted by molar-refractivity contribution is 6.55. The van der Waals surface area contributed by atoms with Crippen molar-refractivity contribution in [2.75, 3.05) is 19.8 Å². The molecule has 0 saturated carbocycles. The number of hydrogen-bond donors (Lipinski definition) is 1. The van der Waals surface area contributed by atoms with Crippen molar-refractivity contribution in [3.63, 3.8) is 0 Å². The molecule has 0 saturated heterocycles. The van der Waals surface area contributed by atoms with Crippen LogP contribution in [0.25, 0.3) is 0 Å². The molecular weight excluding hydrogens is 385 g/mol. The lowest BCUT2D eigenvalue weighted by molar-refractivity contribution is 0.133. The Balaban J connectivity index is 0.00000576. The van der Waals surface area contributed by atoms with E-state index in [4.69, 9.17) is 38.6 Å². The lowest BCUT2D eigenvalue weighted by Gasteiger charge is -2.15. The maximum Gasteiger partial charge on any atom is 0.125 e. The van der Waals surface area contributed by atoms with E-state index in [1.165, 1.54) is 0 Å². The molecule has 0 amide bonds. The van der Waals surface area contributed by atoms with Crippen molar-refractivity contribution in [3.8, 4) is 11.5 Å². The fourth-order valence-electron chi connectivity index (χ4n) is 2.38. The Morgan fingerprint density at radius 1 is 1.08 bits per heavy atom. The van der Waals surface area contributed by atoms with Crippen molar-refractivity contribution in [2.24, 2.45) is 5.90 Å². The van der Waals surface area contributed by atoms with Crippen LogP contribution in [0.5, 0.6) is 11.5 Å². The number of aryl methyl sites for hydroxylation is 2. The van der Waals surface area contributed by atoms with Gasteiger partial charge in [0.05, 0.1) is 13.2 Å². The first-order valence-corrected chi connectivity index (χ1v) is 9.06. The third kappa shape index (κ3) is 10.2. The van der Waals surface area contributed by atoms with Crippen LogP contribution in [0.4, 0.5) is 0 Å². The Morgan fingerprint density at radius 3 is 2.36 bits per heavy atom. The van der Waals surface area contributed by atoms with Crippen molar-refractivity contribution in [2.45, 2.75) is 46.0 Å². The molecule has 0 unspecified atom stereocenters. The topological polar surface area (TPSA) is 53.7 Å². The Hall–Kier alpha value is -0.650. The van der Waals surface area contributed by atoms with Crippen LogP contribution >= 0.6 is 35.6 Å². The molecule has 0 aromatic heterocycles. The van der Waals surface area contributed by atoms with Crippen LogP contribution in [-0.4, -0.2) is 19.8 Å². The number of unbranched alkanes of at least 4 members (excludes halogenated alkanes) is 3. The molecule has 2 N–H and O–H groups in total. The minimum absolute atomic E-state index is 0. The van der Waals surface area contributed by atoms with E-state index < -0.39 is 0 Å². The lowest BCUT2D eigenvalue weighted by Crippen LogP contribution is -2.04. The van der Waals surface area contributed by atoms with Crippen molar-refractivity contribution in [1.29, 1.82) is 0 Å². The van der Waals surface area contributed by atoms with E-state index in [0.29, 0.717) is 19.8 Å². The van der Waals surface area contributed by atoms with E-state index in [2.05, 4.69) is 11.8 Å². The number of ether oxygens (including phenoxy) is 2. The van der Waals surface area contributed by atoms with E-state index in [0.717, 1.165) is 54.7 Å². The van der Waals surface area contributed by atoms with Crippen LogP contribution in [0.15, 0.2) is 22.7 Å². The second-order valence-corrected chi connectivity index (χ2v) is 6.53. The summed E-state index contributed by atoms with van der Waals surface area (Å²) in [7, 11) is 0. The maximum absolute atomic E-state index is 6.00. The molecule has 0 aliphatic carbocycles. The Labute approximate surface area is 167 Å². The number of halogens is 3. The third-order valence-electron chi connectivity index (χ3n) is 3.60. The van der Waals surface area contributed by atoms with E-state index in [1.807, 2.05) is 19.1 Å². The first kappa shape index (κ1) is 24.4. The van der Waals surface area contributed by atoms with Crippen molar-refractivity contribution < 1.29 is 14.3 Å². The fraction of sp³-hybridized carbons (Fsp3) is 0.556. The maximum atomic E-state index is 6.00. The predicted molar refractivity (Wildman–Crippen MR) is 107 cm³/mol. The number of hydrogen-bond acceptors (Lipinski definition) is 4. The van der Waals surface area contributed by atoms with Crippen LogP contribution in [-0.2, 0) is 11.3 Å². The Morgan fingerprint density at radius 2 is 1.76 bits per heavy atom. The molecule has 0 atom stereocenters. The number of nitrogens with two attached hydrogens (primary N) is 1. The zero-order chi connectivity index (χ0) is 17.8. The fourth-order valence-corrected chi connectivity index (χ4v) is 2.51. The third-order valence-corrected chi connectivity index (χ3v) is 3.91. The van der Waals surface area contributed by atoms with Crippen LogP contribution in [0, 0.1) is 6.92 Å². The van der Waals surface area contributed by atoms with Crippen LogP contribution in [0.3, 0.4) is 0 Å². The van der Waals surface area contributed by atoms with Crippen molar-refractivity contribution in [3.05, 3.63) is 33.8 Å². The minimum atomic E-state index is 0. The summed E-state index contributed by atoms with van der Waals surface area (Å²) in [4.78, 5) is 4.55. The second-order valence-electron chi connectivity index (χ2n) is 5.52. The monoisotopic (exact) mass is 411 g/mol. The van der Waals surface area contributed by atoms with Crippen molar-refractivity contribution >= 4 is 35.6 Å². The van der Waals surface area contributed by atoms with E-state index >= 15 is 0 Å². The highest BCUT2D eigenvalue weighted by atomic mass is 35.5. The van der Waals surface area contributed by atoms with E-state index in [1.54, 1.807) is 6.08 Å². The van der Waals surface area contributed by atoms with Gasteiger partial charge in [0.15, 0.2) is 0 Å². The van der Waals surface area contributed by atoms with Gasteiger partial charge >= 0.3 is 0 Å². The molecule has 1 aromatic carbocycles. The first-order valence-electron chi connectivity index (χ1n) is 8.30. The molecule has 0 aliphatic rings. The van der Waals surface area contributed by atoms with E-state index in [-0.39, 0.29) is 16.9 Å². The van der Waals surface area contributed by atoms with Gasteiger partial charge in [-0.25, -0.2) is 5.90 Å². The highest BCUT2D eigenvalue weighted by Crippen LogP contribution is 2.30. The average Bonchev–Trinajstić information content (AvgIpc) is 2.54. The summed E-state index contributed by atoms with van der Waals surface area (Å²) < 4.78 is 11.9. The van der Waals surface area contributed by atoms with Gasteiger partial charge in [0, 0.05) is 0 Å². The van der Waals surface area contributed by atoms with Gasteiger partial charge in [0.25, 0.3) is 0 Å². The molecule has 0 bridgehead atoms. The first-order chi connectivity index (χ1) is 11.6. The summed E-state index contributed by atoms with van der Waals surface area (Å²) in [5, 5.41) is 0. The lowest BCUT2D eigenvalue weighted by atomic mass is 10.1. The highest BCUT2D eigenvalue weighted by Gasteiger charge is 2.09. The molecule has 25 heavy (non-hydrogen) atoms. The molecule has 0 heterocycles. The zero-order valence-corrected chi connectivity index (χ0v) is 17.2. The largest absolute Gasteiger partial charge is 0.493 e. The van der Waals surface area contributed by atoms with Gasteiger partial charge in [-0.15, -0.1) is 12.4 Å². The number of benzene rings is 1. The van der Waals surface area contributed by atoms with Gasteiger partial charge in [-0.3, -0.25) is 0 Å².